The van der Waals surface area contributed by atoms with Gasteiger partial charge >= 0.3 is 5.97 Å². The van der Waals surface area contributed by atoms with Gasteiger partial charge in [0.15, 0.2) is 11.5 Å². The third kappa shape index (κ3) is 7.05. The summed E-state index contributed by atoms with van der Waals surface area (Å²) in [6, 6.07) is 25.5. The lowest BCUT2D eigenvalue weighted by Gasteiger charge is -2.11. The second-order valence-electron chi connectivity index (χ2n) is 9.23. The summed E-state index contributed by atoms with van der Waals surface area (Å²) in [5.74, 6) is -0.0968. The fraction of sp³-hybridized carbons (Fsp3) is 0.0909. The number of carbonyl (C=O) groups excluding carboxylic acids is 3. The van der Waals surface area contributed by atoms with E-state index in [1.807, 2.05) is 31.2 Å². The van der Waals surface area contributed by atoms with E-state index in [9.17, 15) is 14.4 Å². The molecule has 0 aliphatic carbocycles. The Morgan fingerprint density at radius 2 is 1.59 bits per heavy atom. The number of rotatable bonds is 10. The molecule has 0 saturated carbocycles. The highest BCUT2D eigenvalue weighted by Crippen LogP contribution is 2.37. The number of ether oxygens (including phenoxy) is 3. The van der Waals surface area contributed by atoms with Crippen LogP contribution in [0.4, 0.5) is 5.69 Å². The van der Waals surface area contributed by atoms with E-state index in [1.165, 1.54) is 17.6 Å². The Kier molecular flexibility index (Phi) is 9.53. The van der Waals surface area contributed by atoms with Crippen molar-refractivity contribution in [3.8, 4) is 17.2 Å². The molecule has 44 heavy (non-hydrogen) atoms. The van der Waals surface area contributed by atoms with Crippen LogP contribution < -0.4 is 25.0 Å². The number of methoxy groups -OCH3 is 1. The summed E-state index contributed by atoms with van der Waals surface area (Å²) in [7, 11) is 1.56. The molecule has 0 spiro atoms. The van der Waals surface area contributed by atoms with Crippen LogP contribution in [0.15, 0.2) is 96.1 Å². The van der Waals surface area contributed by atoms with Crippen LogP contribution in [0.25, 0.3) is 10.1 Å². The molecule has 2 N–H and O–H groups in total. The van der Waals surface area contributed by atoms with Gasteiger partial charge in [0, 0.05) is 26.9 Å². The van der Waals surface area contributed by atoms with Crippen LogP contribution >= 0.6 is 22.9 Å². The molecule has 2 amide bonds. The van der Waals surface area contributed by atoms with Crippen molar-refractivity contribution in [3.63, 3.8) is 0 Å². The summed E-state index contributed by atoms with van der Waals surface area (Å²) in [5, 5.41) is 7.96. The first-order valence-corrected chi connectivity index (χ1v) is 14.6. The fourth-order valence-electron chi connectivity index (χ4n) is 4.13. The molecule has 9 nitrogen and oxygen atoms in total. The van der Waals surface area contributed by atoms with Crippen molar-refractivity contribution >= 4 is 62.7 Å². The van der Waals surface area contributed by atoms with Gasteiger partial charge in [-0.15, -0.1) is 11.3 Å². The van der Waals surface area contributed by atoms with Gasteiger partial charge < -0.3 is 19.5 Å². The minimum atomic E-state index is -0.586. The number of hydrazone groups is 1. The highest BCUT2D eigenvalue weighted by molar-refractivity contribution is 7.21. The highest BCUT2D eigenvalue weighted by atomic mass is 35.5. The molecule has 1 aromatic heterocycles. The van der Waals surface area contributed by atoms with E-state index in [0.717, 1.165) is 10.1 Å². The van der Waals surface area contributed by atoms with Gasteiger partial charge in [-0.05, 0) is 85.3 Å². The molecule has 0 aliphatic heterocycles. The van der Waals surface area contributed by atoms with Crippen LogP contribution in [0.5, 0.6) is 17.2 Å². The lowest BCUT2D eigenvalue weighted by molar-refractivity contribution is 0.0733. The second-order valence-corrected chi connectivity index (χ2v) is 10.7. The van der Waals surface area contributed by atoms with Crippen LogP contribution in [-0.4, -0.2) is 37.7 Å². The Hall–Kier alpha value is -5.19. The first-order valence-electron chi connectivity index (χ1n) is 13.4. The number of nitrogens with one attached hydrogen (secondary N) is 2. The van der Waals surface area contributed by atoms with Gasteiger partial charge in [0.25, 0.3) is 11.8 Å². The molecule has 5 rings (SSSR count). The summed E-state index contributed by atoms with van der Waals surface area (Å²) < 4.78 is 17.3. The molecule has 0 fully saturated rings. The SMILES string of the molecule is CCOc1cc(/C=N\NC(=O)c2ccc(NC(=O)c3ccc(OC)cc3)cc2)ccc1OC(=O)c1sc2ccccc2c1Cl. The van der Waals surface area contributed by atoms with Gasteiger partial charge in [-0.1, -0.05) is 29.8 Å². The first kappa shape index (κ1) is 30.3. The van der Waals surface area contributed by atoms with Crippen molar-refractivity contribution in [2.24, 2.45) is 5.10 Å². The zero-order chi connectivity index (χ0) is 31.1. The monoisotopic (exact) mass is 627 g/mol. The summed E-state index contributed by atoms with van der Waals surface area (Å²) in [6.45, 7) is 2.15. The molecule has 5 aromatic rings. The molecule has 0 bridgehead atoms. The Morgan fingerprint density at radius 3 is 2.30 bits per heavy atom. The molecule has 0 saturated heterocycles. The van der Waals surface area contributed by atoms with Gasteiger partial charge in [0.05, 0.1) is 25.0 Å². The van der Waals surface area contributed by atoms with Crippen LogP contribution in [0.3, 0.4) is 0 Å². The van der Waals surface area contributed by atoms with Gasteiger partial charge in [-0.2, -0.15) is 5.10 Å². The maximum atomic E-state index is 12.9. The Bertz CT molecular complexity index is 1850. The number of hydrogen-bond donors (Lipinski definition) is 2. The van der Waals surface area contributed by atoms with Crippen LogP contribution in [0.2, 0.25) is 5.02 Å². The number of esters is 1. The Labute approximate surface area is 262 Å². The van der Waals surface area contributed by atoms with Crippen molar-refractivity contribution in [2.75, 3.05) is 19.0 Å². The maximum absolute atomic E-state index is 12.9. The van der Waals surface area contributed by atoms with E-state index in [0.29, 0.717) is 50.4 Å². The summed E-state index contributed by atoms with van der Waals surface area (Å²) >= 11 is 7.69. The number of benzene rings is 4. The number of halogens is 1. The Balaban J connectivity index is 1.19. The number of fused-ring (bicyclic) bond motifs is 1. The van der Waals surface area contributed by atoms with Crippen molar-refractivity contribution in [2.45, 2.75) is 6.92 Å². The summed E-state index contributed by atoms with van der Waals surface area (Å²) in [4.78, 5) is 38.3. The normalized spacial score (nSPS) is 10.9. The maximum Gasteiger partial charge on any atom is 0.355 e. The van der Waals surface area contributed by atoms with Crippen LogP contribution in [-0.2, 0) is 0 Å². The molecule has 0 aliphatic rings. The van der Waals surface area contributed by atoms with E-state index < -0.39 is 11.9 Å². The third-order valence-electron chi connectivity index (χ3n) is 6.33. The predicted octanol–water partition coefficient (Wildman–Crippen LogP) is 7.20. The number of amides is 2. The summed E-state index contributed by atoms with van der Waals surface area (Å²) in [5.41, 5.74) is 4.43. The molecular weight excluding hydrogens is 602 g/mol. The third-order valence-corrected chi connectivity index (χ3v) is 7.98. The lowest BCUT2D eigenvalue weighted by atomic mass is 10.1. The number of carbonyl (C=O) groups is 3. The minimum absolute atomic E-state index is 0.228. The topological polar surface area (TPSA) is 115 Å². The van der Waals surface area contributed by atoms with Gasteiger partial charge in [0.1, 0.15) is 10.6 Å². The van der Waals surface area contributed by atoms with E-state index >= 15 is 0 Å². The molecular formula is C33H26ClN3O6S. The number of anilines is 1. The zero-order valence-electron chi connectivity index (χ0n) is 23.6. The van der Waals surface area contributed by atoms with Crippen molar-refractivity contribution in [1.82, 2.24) is 5.43 Å². The molecule has 0 atom stereocenters. The van der Waals surface area contributed by atoms with E-state index in [2.05, 4.69) is 15.8 Å². The molecule has 222 valence electrons. The van der Waals surface area contributed by atoms with Gasteiger partial charge in [0.2, 0.25) is 0 Å². The van der Waals surface area contributed by atoms with Crippen LogP contribution in [0, 0.1) is 0 Å². The molecule has 11 heteroatoms. The quantitative estimate of drug-likeness (QED) is 0.0732. The van der Waals surface area contributed by atoms with Crippen molar-refractivity contribution < 1.29 is 28.6 Å². The van der Waals surface area contributed by atoms with Crippen molar-refractivity contribution in [1.29, 1.82) is 0 Å². The average Bonchev–Trinajstić information content (AvgIpc) is 3.39. The van der Waals surface area contributed by atoms with Crippen molar-refractivity contribution in [3.05, 3.63) is 118 Å². The Morgan fingerprint density at radius 1 is 0.886 bits per heavy atom. The van der Waals surface area contributed by atoms with Gasteiger partial charge in [-0.3, -0.25) is 9.59 Å². The van der Waals surface area contributed by atoms with E-state index in [4.69, 9.17) is 25.8 Å². The van der Waals surface area contributed by atoms with E-state index in [1.54, 1.807) is 73.8 Å². The number of thiophene rings is 1. The standard InChI is InChI=1S/C33H26ClN3O6S/c1-3-42-27-18-20(8-17-26(27)43-33(40)30-29(34)25-6-4-5-7-28(25)44-30)19-35-37-32(39)22-9-13-23(14-10-22)36-31(38)21-11-15-24(41-2)16-12-21/h4-19H,3H2,1-2H3,(H,36,38)(H,37,39)/b35-19-. The zero-order valence-corrected chi connectivity index (χ0v) is 25.2. The fourth-order valence-corrected chi connectivity index (χ4v) is 5.51. The predicted molar refractivity (Wildman–Crippen MR) is 172 cm³/mol. The largest absolute Gasteiger partial charge is 0.497 e. The number of hydrogen-bond acceptors (Lipinski definition) is 8. The molecule has 0 unspecified atom stereocenters. The lowest BCUT2D eigenvalue weighted by Crippen LogP contribution is -2.18. The van der Waals surface area contributed by atoms with Gasteiger partial charge in [-0.25, -0.2) is 10.2 Å². The average molecular weight is 628 g/mol. The number of nitrogens with zero attached hydrogens (tertiary/aromatic N) is 1. The molecule has 0 radical (unpaired) electrons. The first-order chi connectivity index (χ1) is 21.4. The molecule has 1 heterocycles. The van der Waals surface area contributed by atoms with E-state index in [-0.39, 0.29) is 11.7 Å². The smallest absolute Gasteiger partial charge is 0.355 e. The van der Waals surface area contributed by atoms with Crippen LogP contribution in [0.1, 0.15) is 42.9 Å². The second kappa shape index (κ2) is 13.9. The molecule has 4 aromatic carbocycles. The minimum Gasteiger partial charge on any atom is -0.497 e. The summed E-state index contributed by atoms with van der Waals surface area (Å²) in [6.07, 6.45) is 1.44. The highest BCUT2D eigenvalue weighted by Gasteiger charge is 2.20.